The maximum atomic E-state index is 11.2. The van der Waals surface area contributed by atoms with Gasteiger partial charge in [-0.1, -0.05) is 6.92 Å². The van der Waals surface area contributed by atoms with Gasteiger partial charge in [-0.15, -0.1) is 0 Å². The lowest BCUT2D eigenvalue weighted by atomic mass is 10.2. The fraction of sp³-hybridized carbons (Fsp3) is 0.889. The number of ketones is 1. The monoisotopic (exact) mass is 188 g/mol. The average molecular weight is 188 g/mol. The number of aliphatic hydroxyl groups excluding tert-OH is 1. The third-order valence-corrected chi connectivity index (χ3v) is 3.80. The minimum absolute atomic E-state index is 0.230. The molecule has 0 radical (unpaired) electrons. The van der Waals surface area contributed by atoms with Gasteiger partial charge in [-0.25, -0.2) is 0 Å². The minimum atomic E-state index is 0.230. The van der Waals surface area contributed by atoms with Crippen LogP contribution in [0.25, 0.3) is 0 Å². The zero-order valence-electron chi connectivity index (χ0n) is 7.45. The highest BCUT2D eigenvalue weighted by Crippen LogP contribution is 2.27. The molecule has 2 atom stereocenters. The SMILES string of the molecule is CC(CO)CSC1CCCC1=O. The quantitative estimate of drug-likeness (QED) is 0.726. The largest absolute Gasteiger partial charge is 0.396 e. The van der Waals surface area contributed by atoms with Gasteiger partial charge < -0.3 is 5.11 Å². The number of rotatable bonds is 4. The Morgan fingerprint density at radius 2 is 2.50 bits per heavy atom. The molecule has 70 valence electrons. The Kier molecular flexibility index (Phi) is 4.09. The first-order valence-corrected chi connectivity index (χ1v) is 5.54. The zero-order chi connectivity index (χ0) is 8.97. The van der Waals surface area contributed by atoms with E-state index in [9.17, 15) is 4.79 Å². The van der Waals surface area contributed by atoms with Gasteiger partial charge >= 0.3 is 0 Å². The summed E-state index contributed by atoms with van der Waals surface area (Å²) >= 11 is 1.72. The molecule has 0 heterocycles. The van der Waals surface area contributed by atoms with Crippen molar-refractivity contribution in [2.45, 2.75) is 31.4 Å². The molecule has 1 rings (SSSR count). The highest BCUT2D eigenvalue weighted by molar-refractivity contribution is 8.00. The van der Waals surface area contributed by atoms with Crippen molar-refractivity contribution in [2.75, 3.05) is 12.4 Å². The summed E-state index contributed by atoms with van der Waals surface area (Å²) in [6.07, 6.45) is 2.87. The normalized spacial score (nSPS) is 26.2. The first-order chi connectivity index (χ1) is 5.74. The zero-order valence-corrected chi connectivity index (χ0v) is 8.27. The molecule has 2 unspecified atom stereocenters. The molecule has 3 heteroatoms. The lowest BCUT2D eigenvalue weighted by Crippen LogP contribution is -2.12. The summed E-state index contributed by atoms with van der Waals surface area (Å²) in [6.45, 7) is 2.24. The molecule has 0 aromatic carbocycles. The molecule has 2 nitrogen and oxygen atoms in total. The second-order valence-electron chi connectivity index (χ2n) is 3.47. The van der Waals surface area contributed by atoms with Crippen molar-refractivity contribution in [3.63, 3.8) is 0 Å². The lowest BCUT2D eigenvalue weighted by Gasteiger charge is -2.10. The van der Waals surface area contributed by atoms with Crippen molar-refractivity contribution >= 4 is 17.5 Å². The topological polar surface area (TPSA) is 37.3 Å². The van der Waals surface area contributed by atoms with Gasteiger partial charge in [0.1, 0.15) is 5.78 Å². The van der Waals surface area contributed by atoms with E-state index in [2.05, 4.69) is 0 Å². The van der Waals surface area contributed by atoms with Crippen molar-refractivity contribution < 1.29 is 9.90 Å². The van der Waals surface area contributed by atoms with Crippen LogP contribution in [0, 0.1) is 5.92 Å². The molecular formula is C9H16O2S. The van der Waals surface area contributed by atoms with E-state index < -0.39 is 0 Å². The molecular weight excluding hydrogens is 172 g/mol. The highest BCUT2D eigenvalue weighted by Gasteiger charge is 2.24. The van der Waals surface area contributed by atoms with Gasteiger partial charge in [-0.3, -0.25) is 4.79 Å². The fourth-order valence-corrected chi connectivity index (χ4v) is 2.60. The minimum Gasteiger partial charge on any atom is -0.396 e. The van der Waals surface area contributed by atoms with Gasteiger partial charge in [-0.05, 0) is 24.5 Å². The Balaban J connectivity index is 2.18. The maximum absolute atomic E-state index is 11.2. The number of aliphatic hydroxyl groups is 1. The molecule has 0 saturated heterocycles. The van der Waals surface area contributed by atoms with Crippen LogP contribution in [0.3, 0.4) is 0 Å². The molecule has 1 aliphatic carbocycles. The van der Waals surface area contributed by atoms with Crippen LogP contribution in [0.1, 0.15) is 26.2 Å². The third-order valence-electron chi connectivity index (χ3n) is 2.14. The predicted octanol–water partition coefficient (Wildman–Crippen LogP) is 1.47. The summed E-state index contributed by atoms with van der Waals surface area (Å²) in [6, 6.07) is 0. The maximum Gasteiger partial charge on any atom is 0.145 e. The van der Waals surface area contributed by atoms with Crippen molar-refractivity contribution in [3.8, 4) is 0 Å². The van der Waals surface area contributed by atoms with E-state index in [1.807, 2.05) is 6.92 Å². The van der Waals surface area contributed by atoms with E-state index in [-0.39, 0.29) is 11.9 Å². The van der Waals surface area contributed by atoms with E-state index in [4.69, 9.17) is 5.11 Å². The van der Waals surface area contributed by atoms with Crippen molar-refractivity contribution in [2.24, 2.45) is 5.92 Å². The molecule has 1 N–H and O–H groups in total. The van der Waals surface area contributed by atoms with Crippen LogP contribution in [0.5, 0.6) is 0 Å². The van der Waals surface area contributed by atoms with Gasteiger partial charge in [0.15, 0.2) is 0 Å². The molecule has 0 aromatic rings. The molecule has 1 fully saturated rings. The second-order valence-corrected chi connectivity index (χ2v) is 4.70. The van der Waals surface area contributed by atoms with E-state index in [1.54, 1.807) is 11.8 Å². The molecule has 0 aromatic heterocycles. The number of hydrogen-bond donors (Lipinski definition) is 1. The smallest absolute Gasteiger partial charge is 0.145 e. The summed E-state index contributed by atoms with van der Waals surface area (Å²) in [4.78, 5) is 11.2. The number of carbonyl (C=O) groups excluding carboxylic acids is 1. The first-order valence-electron chi connectivity index (χ1n) is 4.49. The lowest BCUT2D eigenvalue weighted by molar-refractivity contribution is -0.116. The van der Waals surface area contributed by atoms with Crippen LogP contribution in [0.15, 0.2) is 0 Å². The van der Waals surface area contributed by atoms with Gasteiger partial charge in [0.2, 0.25) is 0 Å². The number of hydrogen-bond acceptors (Lipinski definition) is 3. The van der Waals surface area contributed by atoms with Crippen LogP contribution in [0.4, 0.5) is 0 Å². The number of carbonyl (C=O) groups is 1. The first kappa shape index (κ1) is 10.1. The molecule has 0 amide bonds. The van der Waals surface area contributed by atoms with Crippen LogP contribution in [0.2, 0.25) is 0 Å². The summed E-state index contributed by atoms with van der Waals surface area (Å²) < 4.78 is 0. The standard InChI is InChI=1S/C9H16O2S/c1-7(5-10)6-12-9-4-2-3-8(9)11/h7,9-10H,2-6H2,1H3. The van der Waals surface area contributed by atoms with Gasteiger partial charge in [0.25, 0.3) is 0 Å². The molecule has 0 spiro atoms. The van der Waals surface area contributed by atoms with Crippen LogP contribution in [-0.2, 0) is 4.79 Å². The Bertz CT molecular complexity index is 159. The number of thioether (sulfide) groups is 1. The Hall–Kier alpha value is -0.0200. The summed E-state index contributed by atoms with van der Waals surface area (Å²) in [7, 11) is 0. The van der Waals surface area contributed by atoms with Crippen molar-refractivity contribution in [1.29, 1.82) is 0 Å². The summed E-state index contributed by atoms with van der Waals surface area (Å²) in [5, 5.41) is 9.01. The molecule has 1 aliphatic rings. The third kappa shape index (κ3) is 2.79. The molecule has 0 bridgehead atoms. The van der Waals surface area contributed by atoms with Crippen molar-refractivity contribution in [3.05, 3.63) is 0 Å². The van der Waals surface area contributed by atoms with E-state index in [0.717, 1.165) is 25.0 Å². The van der Waals surface area contributed by atoms with Gasteiger partial charge in [0, 0.05) is 13.0 Å². The highest BCUT2D eigenvalue weighted by atomic mass is 32.2. The Morgan fingerprint density at radius 1 is 1.75 bits per heavy atom. The van der Waals surface area contributed by atoms with Crippen molar-refractivity contribution in [1.82, 2.24) is 0 Å². The fourth-order valence-electron chi connectivity index (χ4n) is 1.29. The Labute approximate surface area is 77.7 Å². The summed E-state index contributed by atoms with van der Waals surface area (Å²) in [5.74, 6) is 1.64. The van der Waals surface area contributed by atoms with Crippen LogP contribution < -0.4 is 0 Å². The van der Waals surface area contributed by atoms with E-state index in [0.29, 0.717) is 11.7 Å². The van der Waals surface area contributed by atoms with Gasteiger partial charge in [0.05, 0.1) is 5.25 Å². The van der Waals surface area contributed by atoms with E-state index in [1.165, 1.54) is 0 Å². The Morgan fingerprint density at radius 3 is 3.00 bits per heavy atom. The molecule has 12 heavy (non-hydrogen) atoms. The van der Waals surface area contributed by atoms with E-state index >= 15 is 0 Å². The molecule has 0 aliphatic heterocycles. The van der Waals surface area contributed by atoms with Gasteiger partial charge in [-0.2, -0.15) is 11.8 Å². The second kappa shape index (κ2) is 4.87. The van der Waals surface area contributed by atoms with Crippen LogP contribution in [-0.4, -0.2) is 28.5 Å². The average Bonchev–Trinajstić information content (AvgIpc) is 2.47. The van der Waals surface area contributed by atoms with Crippen LogP contribution >= 0.6 is 11.8 Å². The predicted molar refractivity (Wildman–Crippen MR) is 51.4 cm³/mol. The summed E-state index contributed by atoms with van der Waals surface area (Å²) in [5.41, 5.74) is 0. The number of Topliss-reactive ketones (excluding diaryl/α,β-unsaturated/α-hetero) is 1. The molecule has 1 saturated carbocycles.